The fourth-order valence-corrected chi connectivity index (χ4v) is 5.67. The average molecular weight is 601 g/mol. The van der Waals surface area contributed by atoms with E-state index >= 15 is 0 Å². The van der Waals surface area contributed by atoms with Gasteiger partial charge >= 0.3 is 12.1 Å². The Balaban J connectivity index is 0.000000745. The molecular formula is C28H39F3N4O5S. The summed E-state index contributed by atoms with van der Waals surface area (Å²) >= 11 is 0. The Hall–Kier alpha value is -3.32. The van der Waals surface area contributed by atoms with E-state index in [0.717, 1.165) is 55.8 Å². The Morgan fingerprint density at radius 1 is 1.02 bits per heavy atom. The largest absolute Gasteiger partial charge is 0.490 e. The molecule has 3 rings (SSSR count). The number of halogens is 3. The third kappa shape index (κ3) is 9.35. The molecule has 0 aliphatic carbocycles. The molecule has 228 valence electrons. The van der Waals surface area contributed by atoms with E-state index in [0.29, 0.717) is 29.9 Å². The summed E-state index contributed by atoms with van der Waals surface area (Å²) in [6.07, 6.45) is -3.14. The van der Waals surface area contributed by atoms with Crippen molar-refractivity contribution in [2.45, 2.75) is 58.5 Å². The minimum atomic E-state index is -5.08. The van der Waals surface area contributed by atoms with Crippen molar-refractivity contribution < 1.29 is 36.3 Å². The summed E-state index contributed by atoms with van der Waals surface area (Å²) < 4.78 is 61.6. The van der Waals surface area contributed by atoms with E-state index in [-0.39, 0.29) is 10.8 Å². The third-order valence-electron chi connectivity index (χ3n) is 6.72. The number of aryl methyl sites for hydroxylation is 3. The van der Waals surface area contributed by atoms with Crippen molar-refractivity contribution in [3.05, 3.63) is 52.6 Å². The zero-order valence-corrected chi connectivity index (χ0v) is 24.9. The number of sulfonamides is 1. The SMILES string of the molecule is CCCCN(CC)C(=O)c1ccc(N2CCNCC2)c(NS(=O)(=O)c2cc(C)c(C)cc2C)c1.O=C(O)C(F)(F)F. The van der Waals surface area contributed by atoms with Crippen LogP contribution in [0.5, 0.6) is 0 Å². The summed E-state index contributed by atoms with van der Waals surface area (Å²) in [4.78, 5) is 26.3. The van der Waals surface area contributed by atoms with E-state index in [4.69, 9.17) is 9.90 Å². The molecule has 1 aliphatic heterocycles. The van der Waals surface area contributed by atoms with Crippen LogP contribution in [0.3, 0.4) is 0 Å². The number of carboxylic acids is 1. The molecular weight excluding hydrogens is 561 g/mol. The van der Waals surface area contributed by atoms with Crippen LogP contribution in [0.2, 0.25) is 0 Å². The molecule has 0 saturated carbocycles. The van der Waals surface area contributed by atoms with Crippen molar-refractivity contribution in [1.29, 1.82) is 0 Å². The first-order chi connectivity index (χ1) is 19.1. The maximum atomic E-state index is 13.5. The Labute approximate surface area is 239 Å². The highest BCUT2D eigenvalue weighted by atomic mass is 32.2. The number of benzene rings is 2. The minimum Gasteiger partial charge on any atom is -0.475 e. The number of piperazine rings is 1. The lowest BCUT2D eigenvalue weighted by Crippen LogP contribution is -2.43. The van der Waals surface area contributed by atoms with Crippen LogP contribution in [0.1, 0.15) is 53.7 Å². The predicted octanol–water partition coefficient (Wildman–Crippen LogP) is 4.72. The quantitative estimate of drug-likeness (QED) is 0.381. The number of hydrogen-bond acceptors (Lipinski definition) is 6. The summed E-state index contributed by atoms with van der Waals surface area (Å²) in [5.74, 6) is -2.84. The molecule has 2 aromatic rings. The van der Waals surface area contributed by atoms with Crippen LogP contribution >= 0.6 is 0 Å². The second kappa shape index (κ2) is 14.5. The second-order valence-corrected chi connectivity index (χ2v) is 11.5. The topological polar surface area (TPSA) is 119 Å². The van der Waals surface area contributed by atoms with Gasteiger partial charge in [0.1, 0.15) is 0 Å². The highest BCUT2D eigenvalue weighted by Crippen LogP contribution is 2.31. The lowest BCUT2D eigenvalue weighted by molar-refractivity contribution is -0.192. The molecule has 9 nitrogen and oxygen atoms in total. The van der Waals surface area contributed by atoms with Crippen molar-refractivity contribution in [3.63, 3.8) is 0 Å². The Kier molecular flexibility index (Phi) is 12.0. The first-order valence-corrected chi connectivity index (χ1v) is 14.9. The summed E-state index contributed by atoms with van der Waals surface area (Å²) in [6, 6.07) is 9.00. The molecule has 0 aromatic heterocycles. The number of nitrogens with one attached hydrogen (secondary N) is 2. The van der Waals surface area contributed by atoms with Gasteiger partial charge in [0, 0.05) is 44.8 Å². The molecule has 1 fully saturated rings. The van der Waals surface area contributed by atoms with Gasteiger partial charge < -0.3 is 20.2 Å². The fraction of sp³-hybridized carbons (Fsp3) is 0.500. The first kappa shape index (κ1) is 33.9. The lowest BCUT2D eigenvalue weighted by Gasteiger charge is -2.31. The maximum absolute atomic E-state index is 13.5. The van der Waals surface area contributed by atoms with Crippen molar-refractivity contribution in [2.24, 2.45) is 0 Å². The number of hydrogen-bond donors (Lipinski definition) is 3. The van der Waals surface area contributed by atoms with Crippen LogP contribution in [0.15, 0.2) is 35.2 Å². The molecule has 1 saturated heterocycles. The van der Waals surface area contributed by atoms with Gasteiger partial charge in [-0.05, 0) is 75.1 Å². The summed E-state index contributed by atoms with van der Waals surface area (Å²) in [5.41, 5.74) is 4.40. The maximum Gasteiger partial charge on any atom is 0.490 e. The standard InChI is InChI=1S/C26H38N4O3S.C2HF3O2/c1-6-8-13-29(7-2)26(31)22-9-10-24(30-14-11-27-12-15-30)23(18-22)28-34(32,33)25-17-20(4)19(3)16-21(25)5;3-2(4,5)1(6)7/h9-10,16-18,27-28H,6-8,11-15H2,1-5H3;(H,6,7). The second-order valence-electron chi connectivity index (χ2n) is 9.82. The van der Waals surface area contributed by atoms with Crippen LogP contribution < -0.4 is 14.9 Å². The van der Waals surface area contributed by atoms with Crippen molar-refractivity contribution in [1.82, 2.24) is 10.2 Å². The zero-order chi connectivity index (χ0) is 31.0. The molecule has 41 heavy (non-hydrogen) atoms. The van der Waals surface area contributed by atoms with E-state index in [1.54, 1.807) is 12.1 Å². The molecule has 0 spiro atoms. The van der Waals surface area contributed by atoms with Gasteiger partial charge in [-0.15, -0.1) is 0 Å². The first-order valence-electron chi connectivity index (χ1n) is 13.4. The van der Waals surface area contributed by atoms with E-state index in [2.05, 4.69) is 21.9 Å². The van der Waals surface area contributed by atoms with Crippen molar-refractivity contribution in [3.8, 4) is 0 Å². The number of amides is 1. The van der Waals surface area contributed by atoms with Crippen molar-refractivity contribution >= 4 is 33.3 Å². The number of unbranched alkanes of at least 4 members (excludes halogenated alkanes) is 1. The third-order valence-corrected chi connectivity index (χ3v) is 8.23. The molecule has 0 unspecified atom stereocenters. The molecule has 1 amide bonds. The Morgan fingerprint density at radius 2 is 1.61 bits per heavy atom. The monoisotopic (exact) mass is 600 g/mol. The lowest BCUT2D eigenvalue weighted by atomic mass is 10.1. The molecule has 2 aromatic carbocycles. The predicted molar refractivity (Wildman–Crippen MR) is 153 cm³/mol. The normalized spacial score (nSPS) is 13.7. The highest BCUT2D eigenvalue weighted by Gasteiger charge is 2.38. The van der Waals surface area contributed by atoms with E-state index in [9.17, 15) is 26.4 Å². The van der Waals surface area contributed by atoms with Crippen LogP contribution in [0.4, 0.5) is 24.5 Å². The molecule has 0 radical (unpaired) electrons. The molecule has 1 aliphatic rings. The molecule has 1 heterocycles. The number of carbonyl (C=O) groups excluding carboxylic acids is 1. The number of rotatable bonds is 9. The van der Waals surface area contributed by atoms with Gasteiger partial charge in [0.2, 0.25) is 0 Å². The number of alkyl halides is 3. The van der Waals surface area contributed by atoms with E-state index < -0.39 is 22.2 Å². The van der Waals surface area contributed by atoms with Gasteiger partial charge in [-0.25, -0.2) is 13.2 Å². The van der Waals surface area contributed by atoms with Crippen molar-refractivity contribution in [2.75, 3.05) is 48.9 Å². The number of carboxylic acid groups (broad SMARTS) is 1. The molecule has 0 bridgehead atoms. The van der Waals surface area contributed by atoms with Crippen LogP contribution in [0.25, 0.3) is 0 Å². The molecule has 0 atom stereocenters. The van der Waals surface area contributed by atoms with Crippen LogP contribution in [0, 0.1) is 20.8 Å². The molecule has 13 heteroatoms. The van der Waals surface area contributed by atoms with E-state index in [1.807, 2.05) is 50.8 Å². The number of nitrogens with zero attached hydrogens (tertiary/aromatic N) is 2. The van der Waals surface area contributed by atoms with Gasteiger partial charge in [-0.3, -0.25) is 9.52 Å². The highest BCUT2D eigenvalue weighted by molar-refractivity contribution is 7.92. The fourth-order valence-electron chi connectivity index (χ4n) is 4.29. The molecule has 3 N–H and O–H groups in total. The van der Waals surface area contributed by atoms with Gasteiger partial charge in [0.15, 0.2) is 0 Å². The summed E-state index contributed by atoms with van der Waals surface area (Å²) in [7, 11) is -3.84. The number of carbonyl (C=O) groups is 2. The Morgan fingerprint density at radius 3 is 2.15 bits per heavy atom. The van der Waals surface area contributed by atoms with Crippen LogP contribution in [-0.4, -0.2) is 75.7 Å². The average Bonchev–Trinajstić information content (AvgIpc) is 2.91. The Bertz CT molecular complexity index is 1330. The van der Waals surface area contributed by atoms with Gasteiger partial charge in [-0.2, -0.15) is 13.2 Å². The minimum absolute atomic E-state index is 0.0781. The smallest absolute Gasteiger partial charge is 0.475 e. The van der Waals surface area contributed by atoms with Gasteiger partial charge in [-0.1, -0.05) is 19.4 Å². The number of anilines is 2. The van der Waals surface area contributed by atoms with E-state index in [1.165, 1.54) is 0 Å². The number of aliphatic carboxylic acids is 1. The van der Waals surface area contributed by atoms with Crippen LogP contribution in [-0.2, 0) is 14.8 Å². The zero-order valence-electron chi connectivity index (χ0n) is 24.1. The van der Waals surface area contributed by atoms with Gasteiger partial charge in [0.25, 0.3) is 15.9 Å². The van der Waals surface area contributed by atoms with Gasteiger partial charge in [0.05, 0.1) is 16.3 Å². The summed E-state index contributed by atoms with van der Waals surface area (Å²) in [5, 5.41) is 10.5. The summed E-state index contributed by atoms with van der Waals surface area (Å²) in [6.45, 7) is 14.2.